The molecule has 1 aromatic rings. The summed E-state index contributed by atoms with van der Waals surface area (Å²) in [5, 5.41) is 0. The Kier molecular flexibility index (Phi) is 6.43. The highest BCUT2D eigenvalue weighted by molar-refractivity contribution is 7.99. The van der Waals surface area contributed by atoms with Gasteiger partial charge in [0.15, 0.2) is 0 Å². The maximum atomic E-state index is 11.7. The maximum Gasteiger partial charge on any atom is 0.410 e. The van der Waals surface area contributed by atoms with E-state index < -0.39 is 0 Å². The topological polar surface area (TPSA) is 29.5 Å². The van der Waals surface area contributed by atoms with E-state index in [1.165, 1.54) is 5.56 Å². The average Bonchev–Trinajstić information content (AvgIpc) is 2.79. The van der Waals surface area contributed by atoms with Crippen LogP contribution in [-0.4, -0.2) is 41.7 Å². The molecule has 21 heavy (non-hydrogen) atoms. The molecule has 1 heterocycles. The van der Waals surface area contributed by atoms with Crippen molar-refractivity contribution in [2.75, 3.05) is 24.6 Å². The molecular formula is C17H25NO2S. The lowest BCUT2D eigenvalue weighted by Gasteiger charge is -2.14. The Morgan fingerprint density at radius 3 is 2.76 bits per heavy atom. The van der Waals surface area contributed by atoms with Crippen LogP contribution in [0.4, 0.5) is 4.79 Å². The van der Waals surface area contributed by atoms with Gasteiger partial charge in [0.1, 0.15) is 6.10 Å². The smallest absolute Gasteiger partial charge is 0.410 e. The number of rotatable bonds is 8. The van der Waals surface area contributed by atoms with E-state index in [0.29, 0.717) is 5.92 Å². The van der Waals surface area contributed by atoms with Crippen molar-refractivity contribution in [1.82, 2.24) is 4.90 Å². The Morgan fingerprint density at radius 1 is 1.29 bits per heavy atom. The minimum atomic E-state index is -0.136. The first-order valence-corrected chi connectivity index (χ1v) is 8.88. The van der Waals surface area contributed by atoms with E-state index in [0.717, 1.165) is 37.4 Å². The fourth-order valence-corrected chi connectivity index (χ4v) is 3.48. The molecule has 1 aliphatic rings. The van der Waals surface area contributed by atoms with E-state index in [1.807, 2.05) is 22.7 Å². The number of benzene rings is 1. The van der Waals surface area contributed by atoms with Crippen LogP contribution in [0, 0.1) is 5.92 Å². The number of hydrogen-bond donors (Lipinski definition) is 0. The van der Waals surface area contributed by atoms with Gasteiger partial charge in [0.05, 0.1) is 6.54 Å². The van der Waals surface area contributed by atoms with Gasteiger partial charge < -0.3 is 9.64 Å². The average molecular weight is 307 g/mol. The first-order chi connectivity index (χ1) is 10.1. The van der Waals surface area contributed by atoms with Crippen LogP contribution in [-0.2, 0) is 11.2 Å². The van der Waals surface area contributed by atoms with Gasteiger partial charge in [-0.2, -0.15) is 11.8 Å². The zero-order valence-corrected chi connectivity index (χ0v) is 13.8. The van der Waals surface area contributed by atoms with Crippen LogP contribution in [0.15, 0.2) is 30.3 Å². The lowest BCUT2D eigenvalue weighted by atomic mass is 10.2. The Morgan fingerprint density at radius 2 is 2.05 bits per heavy atom. The molecule has 1 aromatic carbocycles. The van der Waals surface area contributed by atoms with E-state index in [9.17, 15) is 4.79 Å². The zero-order valence-electron chi connectivity index (χ0n) is 13.0. The number of amides is 1. The quantitative estimate of drug-likeness (QED) is 0.684. The maximum absolute atomic E-state index is 11.7. The zero-order chi connectivity index (χ0) is 15.1. The predicted octanol–water partition coefficient (Wildman–Crippen LogP) is 3.83. The van der Waals surface area contributed by atoms with Crippen molar-refractivity contribution in [3.05, 3.63) is 35.9 Å². The van der Waals surface area contributed by atoms with Gasteiger partial charge in [-0.15, -0.1) is 0 Å². The van der Waals surface area contributed by atoms with Crippen molar-refractivity contribution in [2.45, 2.75) is 32.8 Å². The molecule has 0 radical (unpaired) electrons. The van der Waals surface area contributed by atoms with Gasteiger partial charge >= 0.3 is 6.09 Å². The van der Waals surface area contributed by atoms with Crippen LogP contribution in [0.3, 0.4) is 0 Å². The van der Waals surface area contributed by atoms with Crippen LogP contribution in [0.1, 0.15) is 25.8 Å². The van der Waals surface area contributed by atoms with Crippen molar-refractivity contribution in [3.8, 4) is 0 Å². The number of carbonyl (C=O) groups excluding carboxylic acids is 1. The highest BCUT2D eigenvalue weighted by Gasteiger charge is 2.30. The summed E-state index contributed by atoms with van der Waals surface area (Å²) in [5.41, 5.74) is 1.39. The molecule has 0 N–H and O–H groups in total. The summed E-state index contributed by atoms with van der Waals surface area (Å²) in [5.74, 6) is 2.68. The van der Waals surface area contributed by atoms with E-state index in [-0.39, 0.29) is 12.2 Å². The monoisotopic (exact) mass is 307 g/mol. The fraction of sp³-hybridized carbons (Fsp3) is 0.588. The molecule has 2 rings (SSSR count). The molecule has 1 fully saturated rings. The summed E-state index contributed by atoms with van der Waals surface area (Å²) in [6, 6.07) is 10.6. The molecule has 4 heteroatoms. The first-order valence-electron chi connectivity index (χ1n) is 7.72. The molecule has 0 spiro atoms. The highest BCUT2D eigenvalue weighted by atomic mass is 32.2. The van der Waals surface area contributed by atoms with Crippen LogP contribution in [0.25, 0.3) is 0 Å². The van der Waals surface area contributed by atoms with Gasteiger partial charge in [-0.1, -0.05) is 44.2 Å². The summed E-state index contributed by atoms with van der Waals surface area (Å²) in [6.45, 7) is 5.81. The number of cyclic esters (lactones) is 1. The molecule has 1 atom stereocenters. The minimum Gasteiger partial charge on any atom is -0.444 e. The molecule has 0 saturated carbocycles. The SMILES string of the molecule is CC(C)CN1C[C@H](CCSCCc2ccccc2)OC1=O. The molecule has 0 aliphatic carbocycles. The van der Waals surface area contributed by atoms with E-state index in [2.05, 4.69) is 38.1 Å². The largest absolute Gasteiger partial charge is 0.444 e. The van der Waals surface area contributed by atoms with Gasteiger partial charge in [-0.3, -0.25) is 0 Å². The molecule has 116 valence electrons. The van der Waals surface area contributed by atoms with Crippen molar-refractivity contribution in [1.29, 1.82) is 0 Å². The van der Waals surface area contributed by atoms with Crippen LogP contribution in [0.5, 0.6) is 0 Å². The molecule has 0 aromatic heterocycles. The Hall–Kier alpha value is -1.16. The van der Waals surface area contributed by atoms with Crippen molar-refractivity contribution < 1.29 is 9.53 Å². The number of aryl methyl sites for hydroxylation is 1. The second kappa shape index (κ2) is 8.32. The van der Waals surface area contributed by atoms with E-state index >= 15 is 0 Å². The highest BCUT2D eigenvalue weighted by Crippen LogP contribution is 2.18. The Labute approximate surface area is 132 Å². The predicted molar refractivity (Wildman–Crippen MR) is 88.8 cm³/mol. The summed E-state index contributed by atoms with van der Waals surface area (Å²) >= 11 is 1.94. The summed E-state index contributed by atoms with van der Waals surface area (Å²) < 4.78 is 5.41. The summed E-state index contributed by atoms with van der Waals surface area (Å²) in [7, 11) is 0. The van der Waals surface area contributed by atoms with E-state index in [1.54, 1.807) is 0 Å². The Balaban J connectivity index is 1.58. The summed E-state index contributed by atoms with van der Waals surface area (Å²) in [6.07, 6.45) is 2.01. The third-order valence-corrected chi connectivity index (χ3v) is 4.51. The first kappa shape index (κ1) is 16.2. The van der Waals surface area contributed by atoms with Crippen LogP contribution < -0.4 is 0 Å². The molecule has 0 unspecified atom stereocenters. The van der Waals surface area contributed by atoms with Gasteiger partial charge in [-0.05, 0) is 35.8 Å². The third kappa shape index (κ3) is 5.62. The second-order valence-electron chi connectivity index (χ2n) is 5.94. The number of ether oxygens (including phenoxy) is 1. The lowest BCUT2D eigenvalue weighted by Crippen LogP contribution is -2.29. The van der Waals surface area contributed by atoms with Gasteiger partial charge in [0, 0.05) is 6.54 Å². The number of carbonyl (C=O) groups is 1. The molecule has 1 saturated heterocycles. The lowest BCUT2D eigenvalue weighted by molar-refractivity contribution is 0.130. The van der Waals surface area contributed by atoms with Crippen molar-refractivity contribution in [3.63, 3.8) is 0 Å². The standard InChI is InChI=1S/C17H25NO2S/c1-14(2)12-18-13-16(20-17(18)19)9-11-21-10-8-15-6-4-3-5-7-15/h3-7,14,16H,8-13H2,1-2H3/t16-/m0/s1. The number of nitrogens with zero attached hydrogens (tertiary/aromatic N) is 1. The van der Waals surface area contributed by atoms with Gasteiger partial charge in [0.2, 0.25) is 0 Å². The van der Waals surface area contributed by atoms with Crippen molar-refractivity contribution in [2.24, 2.45) is 5.92 Å². The second-order valence-corrected chi connectivity index (χ2v) is 7.17. The Bertz CT molecular complexity index is 436. The number of thioether (sulfide) groups is 1. The normalized spacial score (nSPS) is 18.3. The number of hydrogen-bond acceptors (Lipinski definition) is 3. The molecule has 3 nitrogen and oxygen atoms in total. The van der Waals surface area contributed by atoms with E-state index in [4.69, 9.17) is 4.74 Å². The third-order valence-electron chi connectivity index (χ3n) is 3.50. The van der Waals surface area contributed by atoms with Crippen molar-refractivity contribution >= 4 is 17.9 Å². The molecule has 0 bridgehead atoms. The van der Waals surface area contributed by atoms with Gasteiger partial charge in [0.25, 0.3) is 0 Å². The fourth-order valence-electron chi connectivity index (χ4n) is 2.47. The van der Waals surface area contributed by atoms with Crippen LogP contribution in [0.2, 0.25) is 0 Å². The molecule has 1 aliphatic heterocycles. The summed E-state index contributed by atoms with van der Waals surface area (Å²) in [4.78, 5) is 13.5. The van der Waals surface area contributed by atoms with Crippen LogP contribution >= 0.6 is 11.8 Å². The van der Waals surface area contributed by atoms with Gasteiger partial charge in [-0.25, -0.2) is 4.79 Å². The minimum absolute atomic E-state index is 0.0838. The molecule has 1 amide bonds. The molecular weight excluding hydrogens is 282 g/mol.